The molecule has 0 N–H and O–H groups in total. The molecule has 5 nitrogen and oxygen atoms in total. The Labute approximate surface area is 166 Å². The summed E-state index contributed by atoms with van der Waals surface area (Å²) >= 11 is 0. The van der Waals surface area contributed by atoms with Crippen LogP contribution in [0.2, 0.25) is 0 Å². The minimum Gasteiger partial charge on any atom is -0.377 e. The summed E-state index contributed by atoms with van der Waals surface area (Å²) in [6.45, 7) is 7.98. The van der Waals surface area contributed by atoms with Crippen LogP contribution in [-0.2, 0) is 11.3 Å². The van der Waals surface area contributed by atoms with Crippen LogP contribution in [0.4, 0.5) is 0 Å². The van der Waals surface area contributed by atoms with Crippen molar-refractivity contribution in [3.8, 4) is 22.5 Å². The third-order valence-corrected chi connectivity index (χ3v) is 5.15. The first-order valence-corrected chi connectivity index (χ1v) is 10.1. The van der Waals surface area contributed by atoms with Crippen LogP contribution in [0.1, 0.15) is 31.2 Å². The summed E-state index contributed by atoms with van der Waals surface area (Å²) in [5, 5.41) is 3.97. The van der Waals surface area contributed by atoms with Crippen molar-refractivity contribution >= 4 is 0 Å². The van der Waals surface area contributed by atoms with Crippen LogP contribution < -0.4 is 0 Å². The number of hydrogen-bond acceptors (Lipinski definition) is 5. The van der Waals surface area contributed by atoms with E-state index < -0.39 is 0 Å². The van der Waals surface area contributed by atoms with Crippen molar-refractivity contribution < 1.29 is 9.26 Å². The van der Waals surface area contributed by atoms with E-state index in [2.05, 4.69) is 58.4 Å². The van der Waals surface area contributed by atoms with Crippen molar-refractivity contribution in [3.63, 3.8) is 0 Å². The SMILES string of the molecule is CCCO[C@@H]1CCN(Cc2ccc(-c3ccc(-c4noc(C)n4)cc3)cc2)C1. The Morgan fingerprint density at radius 1 is 1.04 bits per heavy atom. The molecule has 1 saturated heterocycles. The maximum atomic E-state index is 5.88. The molecule has 1 aliphatic rings. The van der Waals surface area contributed by atoms with Gasteiger partial charge >= 0.3 is 0 Å². The highest BCUT2D eigenvalue weighted by Gasteiger charge is 2.22. The second-order valence-electron chi connectivity index (χ2n) is 7.43. The number of aryl methyl sites for hydroxylation is 1. The average Bonchev–Trinajstić information content (AvgIpc) is 3.36. The maximum absolute atomic E-state index is 5.88. The molecule has 0 unspecified atom stereocenters. The molecule has 5 heteroatoms. The predicted molar refractivity (Wildman–Crippen MR) is 110 cm³/mol. The lowest BCUT2D eigenvalue weighted by Crippen LogP contribution is -2.23. The number of nitrogens with zero attached hydrogens (tertiary/aromatic N) is 3. The Hall–Kier alpha value is -2.50. The van der Waals surface area contributed by atoms with Gasteiger partial charge < -0.3 is 9.26 Å². The number of likely N-dealkylation sites (tertiary alicyclic amines) is 1. The molecule has 146 valence electrons. The van der Waals surface area contributed by atoms with Crippen molar-refractivity contribution in [2.75, 3.05) is 19.7 Å². The Bertz CT molecular complexity index is 887. The lowest BCUT2D eigenvalue weighted by atomic mass is 10.0. The minimum absolute atomic E-state index is 0.403. The molecule has 0 saturated carbocycles. The molecule has 1 aliphatic heterocycles. The van der Waals surface area contributed by atoms with Gasteiger partial charge in [0, 0.05) is 38.7 Å². The topological polar surface area (TPSA) is 51.4 Å². The van der Waals surface area contributed by atoms with Gasteiger partial charge in [-0.25, -0.2) is 0 Å². The van der Waals surface area contributed by atoms with E-state index in [-0.39, 0.29) is 0 Å². The highest BCUT2D eigenvalue weighted by molar-refractivity contribution is 5.67. The first-order valence-electron chi connectivity index (χ1n) is 10.1. The Morgan fingerprint density at radius 3 is 2.36 bits per heavy atom. The summed E-state index contributed by atoms with van der Waals surface area (Å²) in [4.78, 5) is 6.76. The number of rotatable bonds is 7. The molecule has 28 heavy (non-hydrogen) atoms. The van der Waals surface area contributed by atoms with Crippen LogP contribution in [0.3, 0.4) is 0 Å². The minimum atomic E-state index is 0.403. The van der Waals surface area contributed by atoms with E-state index >= 15 is 0 Å². The maximum Gasteiger partial charge on any atom is 0.223 e. The van der Waals surface area contributed by atoms with Crippen molar-refractivity contribution in [2.24, 2.45) is 0 Å². The van der Waals surface area contributed by atoms with E-state index in [0.29, 0.717) is 17.8 Å². The molecule has 2 aromatic carbocycles. The van der Waals surface area contributed by atoms with Gasteiger partial charge in [0.2, 0.25) is 11.7 Å². The van der Waals surface area contributed by atoms with Gasteiger partial charge in [-0.3, -0.25) is 4.90 Å². The van der Waals surface area contributed by atoms with Gasteiger partial charge in [-0.1, -0.05) is 60.6 Å². The Morgan fingerprint density at radius 2 is 1.71 bits per heavy atom. The number of benzene rings is 2. The van der Waals surface area contributed by atoms with Crippen molar-refractivity contribution in [3.05, 3.63) is 60.0 Å². The highest BCUT2D eigenvalue weighted by atomic mass is 16.5. The third kappa shape index (κ3) is 4.49. The smallest absolute Gasteiger partial charge is 0.223 e. The molecule has 0 radical (unpaired) electrons. The number of aromatic nitrogens is 2. The van der Waals surface area contributed by atoms with Crippen LogP contribution in [-0.4, -0.2) is 40.8 Å². The van der Waals surface area contributed by atoms with Gasteiger partial charge in [0.05, 0.1) is 6.10 Å². The van der Waals surface area contributed by atoms with Crippen LogP contribution in [0.25, 0.3) is 22.5 Å². The van der Waals surface area contributed by atoms with Gasteiger partial charge in [0.15, 0.2) is 0 Å². The van der Waals surface area contributed by atoms with E-state index in [1.807, 2.05) is 12.1 Å². The zero-order valence-electron chi connectivity index (χ0n) is 16.6. The molecule has 2 heterocycles. The van der Waals surface area contributed by atoms with E-state index in [1.54, 1.807) is 6.92 Å². The summed E-state index contributed by atoms with van der Waals surface area (Å²) < 4.78 is 10.9. The van der Waals surface area contributed by atoms with Crippen LogP contribution in [0.5, 0.6) is 0 Å². The molecular formula is C23H27N3O2. The monoisotopic (exact) mass is 377 g/mol. The second-order valence-corrected chi connectivity index (χ2v) is 7.43. The van der Waals surface area contributed by atoms with E-state index in [9.17, 15) is 0 Å². The van der Waals surface area contributed by atoms with Crippen LogP contribution in [0, 0.1) is 6.92 Å². The van der Waals surface area contributed by atoms with Gasteiger partial charge in [-0.2, -0.15) is 4.98 Å². The fraction of sp³-hybridized carbons (Fsp3) is 0.391. The first-order chi connectivity index (χ1) is 13.7. The largest absolute Gasteiger partial charge is 0.377 e. The summed E-state index contributed by atoms with van der Waals surface area (Å²) in [5.41, 5.74) is 4.71. The normalized spacial score (nSPS) is 17.3. The molecule has 1 aromatic heterocycles. The van der Waals surface area contributed by atoms with Gasteiger partial charge in [-0.05, 0) is 29.5 Å². The van der Waals surface area contributed by atoms with Gasteiger partial charge in [0.1, 0.15) is 0 Å². The fourth-order valence-electron chi connectivity index (χ4n) is 3.65. The summed E-state index contributed by atoms with van der Waals surface area (Å²) in [6.07, 6.45) is 2.64. The highest BCUT2D eigenvalue weighted by Crippen LogP contribution is 2.24. The Balaban J connectivity index is 1.37. The lowest BCUT2D eigenvalue weighted by Gasteiger charge is -2.16. The lowest BCUT2D eigenvalue weighted by molar-refractivity contribution is 0.0590. The molecule has 1 fully saturated rings. The standard InChI is InChI=1S/C23H27N3O2/c1-3-14-27-22-12-13-26(16-22)15-18-4-6-19(7-5-18)20-8-10-21(11-9-20)23-24-17(2)28-25-23/h4-11,22H,3,12-16H2,1-2H3/t22-/m1/s1. The predicted octanol–water partition coefficient (Wildman–Crippen LogP) is 4.71. The second kappa shape index (κ2) is 8.67. The van der Waals surface area contributed by atoms with Crippen molar-refractivity contribution in [1.29, 1.82) is 0 Å². The van der Waals surface area contributed by atoms with Crippen LogP contribution in [0.15, 0.2) is 53.1 Å². The van der Waals surface area contributed by atoms with E-state index in [4.69, 9.17) is 9.26 Å². The summed E-state index contributed by atoms with van der Waals surface area (Å²) in [7, 11) is 0. The average molecular weight is 377 g/mol. The van der Waals surface area contributed by atoms with Crippen molar-refractivity contribution in [1.82, 2.24) is 15.0 Å². The fourth-order valence-corrected chi connectivity index (χ4v) is 3.65. The number of hydrogen-bond donors (Lipinski definition) is 0. The van der Waals surface area contributed by atoms with Gasteiger partial charge in [0.25, 0.3) is 0 Å². The molecule has 0 spiro atoms. The first kappa shape index (κ1) is 18.8. The molecule has 0 amide bonds. The molecule has 1 atom stereocenters. The molecular weight excluding hydrogens is 350 g/mol. The van der Waals surface area contributed by atoms with Crippen molar-refractivity contribution in [2.45, 2.75) is 39.3 Å². The molecule has 0 aliphatic carbocycles. The quantitative estimate of drug-likeness (QED) is 0.597. The zero-order valence-corrected chi connectivity index (χ0v) is 16.6. The summed E-state index contributed by atoms with van der Waals surface area (Å²) in [6, 6.07) is 17.1. The molecule has 0 bridgehead atoms. The summed E-state index contributed by atoms with van der Waals surface area (Å²) in [5.74, 6) is 1.21. The van der Waals surface area contributed by atoms with E-state index in [1.165, 1.54) is 16.7 Å². The number of ether oxygens (including phenoxy) is 1. The molecule has 4 rings (SSSR count). The van der Waals surface area contributed by atoms with Crippen LogP contribution >= 0.6 is 0 Å². The Kier molecular flexibility index (Phi) is 5.84. The van der Waals surface area contributed by atoms with Gasteiger partial charge in [-0.15, -0.1) is 0 Å². The van der Waals surface area contributed by atoms with E-state index in [0.717, 1.165) is 44.6 Å². The molecule has 3 aromatic rings. The third-order valence-electron chi connectivity index (χ3n) is 5.15. The zero-order chi connectivity index (χ0) is 19.3.